The number of amides is 1. The van der Waals surface area contributed by atoms with Crippen molar-refractivity contribution in [1.82, 2.24) is 9.78 Å². The van der Waals surface area contributed by atoms with Crippen LogP contribution in [0, 0.1) is 6.92 Å². The molecule has 104 valence electrons. The first kappa shape index (κ1) is 14.1. The van der Waals surface area contributed by atoms with Crippen LogP contribution in [0.1, 0.15) is 16.1 Å². The SMILES string of the molecule is Cc1c(Cl)cccc1NC(=O)Cn1nccc1C(=O)O. The number of benzene rings is 1. The molecule has 2 rings (SSSR count). The average molecular weight is 294 g/mol. The lowest BCUT2D eigenvalue weighted by Crippen LogP contribution is -2.22. The van der Waals surface area contributed by atoms with E-state index in [-0.39, 0.29) is 18.1 Å². The zero-order valence-corrected chi connectivity index (χ0v) is 11.4. The molecule has 0 radical (unpaired) electrons. The number of nitrogens with zero attached hydrogens (tertiary/aromatic N) is 2. The fraction of sp³-hybridized carbons (Fsp3) is 0.154. The Morgan fingerprint density at radius 3 is 2.85 bits per heavy atom. The number of aromatic carboxylic acids is 1. The number of aromatic nitrogens is 2. The lowest BCUT2D eigenvalue weighted by Gasteiger charge is -2.10. The third-order valence-corrected chi connectivity index (χ3v) is 3.18. The Balaban J connectivity index is 2.11. The molecule has 0 fully saturated rings. The van der Waals surface area contributed by atoms with Crippen molar-refractivity contribution in [2.24, 2.45) is 0 Å². The molecule has 1 aromatic heterocycles. The van der Waals surface area contributed by atoms with E-state index in [1.54, 1.807) is 25.1 Å². The second-order valence-corrected chi connectivity index (χ2v) is 4.55. The fourth-order valence-electron chi connectivity index (χ4n) is 1.71. The second kappa shape index (κ2) is 5.75. The van der Waals surface area contributed by atoms with Gasteiger partial charge in [-0.2, -0.15) is 5.10 Å². The Labute approximate surface area is 120 Å². The van der Waals surface area contributed by atoms with Crippen molar-refractivity contribution in [3.05, 3.63) is 46.7 Å². The van der Waals surface area contributed by atoms with Crippen LogP contribution in [0.4, 0.5) is 5.69 Å². The van der Waals surface area contributed by atoms with E-state index in [0.717, 1.165) is 10.2 Å². The van der Waals surface area contributed by atoms with Crippen molar-refractivity contribution < 1.29 is 14.7 Å². The lowest BCUT2D eigenvalue weighted by atomic mass is 10.2. The molecule has 0 atom stereocenters. The summed E-state index contributed by atoms with van der Waals surface area (Å²) in [6, 6.07) is 6.50. The first-order valence-corrected chi connectivity index (χ1v) is 6.17. The minimum Gasteiger partial charge on any atom is -0.477 e. The molecule has 1 heterocycles. The van der Waals surface area contributed by atoms with Crippen LogP contribution in [-0.2, 0) is 11.3 Å². The average Bonchev–Trinajstić information content (AvgIpc) is 2.83. The van der Waals surface area contributed by atoms with Crippen LogP contribution in [0.15, 0.2) is 30.5 Å². The normalized spacial score (nSPS) is 10.3. The summed E-state index contributed by atoms with van der Waals surface area (Å²) in [4.78, 5) is 22.8. The summed E-state index contributed by atoms with van der Waals surface area (Å²) in [5.74, 6) is -1.50. The molecule has 6 nitrogen and oxygen atoms in total. The summed E-state index contributed by atoms with van der Waals surface area (Å²) in [5.41, 5.74) is 1.30. The quantitative estimate of drug-likeness (QED) is 0.905. The number of rotatable bonds is 4. The molecule has 2 aromatic rings. The van der Waals surface area contributed by atoms with Gasteiger partial charge in [-0.15, -0.1) is 0 Å². The van der Waals surface area contributed by atoms with Gasteiger partial charge >= 0.3 is 5.97 Å². The fourth-order valence-corrected chi connectivity index (χ4v) is 1.88. The molecule has 0 aliphatic heterocycles. The van der Waals surface area contributed by atoms with Gasteiger partial charge in [-0.3, -0.25) is 4.79 Å². The molecule has 0 unspecified atom stereocenters. The molecule has 0 saturated heterocycles. The highest BCUT2D eigenvalue weighted by Crippen LogP contribution is 2.22. The first-order chi connectivity index (χ1) is 9.49. The number of carboxylic acid groups (broad SMARTS) is 1. The lowest BCUT2D eigenvalue weighted by molar-refractivity contribution is -0.116. The standard InChI is InChI=1S/C13H12ClN3O3/c1-8-9(14)3-2-4-10(8)16-12(18)7-17-11(13(19)20)5-6-15-17/h2-6H,7H2,1H3,(H,16,18)(H,19,20). The summed E-state index contributed by atoms with van der Waals surface area (Å²) < 4.78 is 1.12. The van der Waals surface area contributed by atoms with Gasteiger partial charge in [-0.1, -0.05) is 17.7 Å². The third kappa shape index (κ3) is 2.97. The zero-order chi connectivity index (χ0) is 14.7. The molecule has 2 N–H and O–H groups in total. The number of carbonyl (C=O) groups is 2. The number of nitrogens with one attached hydrogen (secondary N) is 1. The summed E-state index contributed by atoms with van der Waals surface area (Å²) >= 11 is 5.96. The van der Waals surface area contributed by atoms with Crippen molar-refractivity contribution in [3.63, 3.8) is 0 Å². The van der Waals surface area contributed by atoms with Gasteiger partial charge in [0.1, 0.15) is 12.2 Å². The number of anilines is 1. The van der Waals surface area contributed by atoms with Crippen LogP contribution in [0.5, 0.6) is 0 Å². The van der Waals surface area contributed by atoms with E-state index in [9.17, 15) is 9.59 Å². The minimum absolute atomic E-state index is 0.0389. The predicted octanol–water partition coefficient (Wildman–Crippen LogP) is 2.18. The molecule has 20 heavy (non-hydrogen) atoms. The molecule has 0 aliphatic rings. The molecule has 0 spiro atoms. The van der Waals surface area contributed by atoms with Crippen LogP contribution in [0.2, 0.25) is 5.02 Å². The summed E-state index contributed by atoms with van der Waals surface area (Å²) in [7, 11) is 0. The van der Waals surface area contributed by atoms with Gasteiger partial charge in [0.05, 0.1) is 0 Å². The minimum atomic E-state index is -1.13. The Hall–Kier alpha value is -2.34. The van der Waals surface area contributed by atoms with Crippen LogP contribution in [-0.4, -0.2) is 26.8 Å². The van der Waals surface area contributed by atoms with Crippen LogP contribution >= 0.6 is 11.6 Å². The zero-order valence-electron chi connectivity index (χ0n) is 10.6. The van der Waals surface area contributed by atoms with Gasteiger partial charge in [0.25, 0.3) is 0 Å². The van der Waals surface area contributed by atoms with Gasteiger partial charge in [0.2, 0.25) is 5.91 Å². The number of carboxylic acids is 1. The maximum absolute atomic E-state index is 11.9. The largest absolute Gasteiger partial charge is 0.477 e. The van der Waals surface area contributed by atoms with E-state index >= 15 is 0 Å². The van der Waals surface area contributed by atoms with Crippen LogP contribution in [0.3, 0.4) is 0 Å². The van der Waals surface area contributed by atoms with Crippen LogP contribution < -0.4 is 5.32 Å². The van der Waals surface area contributed by atoms with E-state index in [2.05, 4.69) is 10.4 Å². The molecule has 1 amide bonds. The van der Waals surface area contributed by atoms with Crippen molar-refractivity contribution in [1.29, 1.82) is 0 Å². The topological polar surface area (TPSA) is 84.2 Å². The van der Waals surface area contributed by atoms with Gasteiger partial charge in [0.15, 0.2) is 0 Å². The molecule has 1 aromatic carbocycles. The monoisotopic (exact) mass is 293 g/mol. The predicted molar refractivity (Wildman–Crippen MR) is 74.0 cm³/mol. The van der Waals surface area contributed by atoms with Gasteiger partial charge in [0, 0.05) is 16.9 Å². The van der Waals surface area contributed by atoms with Crippen LogP contribution in [0.25, 0.3) is 0 Å². The maximum Gasteiger partial charge on any atom is 0.354 e. The van der Waals surface area contributed by atoms with Crippen molar-refractivity contribution in [2.45, 2.75) is 13.5 Å². The highest BCUT2D eigenvalue weighted by atomic mass is 35.5. The summed E-state index contributed by atoms with van der Waals surface area (Å²) in [5, 5.41) is 16.0. The smallest absolute Gasteiger partial charge is 0.354 e. The number of hydrogen-bond acceptors (Lipinski definition) is 3. The van der Waals surface area contributed by atoms with E-state index in [0.29, 0.717) is 10.7 Å². The van der Waals surface area contributed by atoms with Gasteiger partial charge in [-0.05, 0) is 30.7 Å². The van der Waals surface area contributed by atoms with Gasteiger partial charge < -0.3 is 10.4 Å². The summed E-state index contributed by atoms with van der Waals surface area (Å²) in [6.45, 7) is 1.61. The second-order valence-electron chi connectivity index (χ2n) is 4.14. The Morgan fingerprint density at radius 2 is 2.15 bits per heavy atom. The number of halogens is 1. The van der Waals surface area contributed by atoms with E-state index in [4.69, 9.17) is 16.7 Å². The third-order valence-electron chi connectivity index (χ3n) is 2.77. The Bertz CT molecular complexity index is 667. The summed E-state index contributed by atoms with van der Waals surface area (Å²) in [6.07, 6.45) is 1.33. The van der Waals surface area contributed by atoms with E-state index in [1.807, 2.05) is 0 Å². The molecule has 7 heteroatoms. The first-order valence-electron chi connectivity index (χ1n) is 5.79. The molecule has 0 aliphatic carbocycles. The Morgan fingerprint density at radius 1 is 1.40 bits per heavy atom. The molecule has 0 saturated carbocycles. The van der Waals surface area contributed by atoms with E-state index in [1.165, 1.54) is 12.3 Å². The molecular formula is C13H12ClN3O3. The number of carbonyl (C=O) groups excluding carboxylic acids is 1. The van der Waals surface area contributed by atoms with Crippen molar-refractivity contribution >= 4 is 29.2 Å². The van der Waals surface area contributed by atoms with Crippen molar-refractivity contribution in [3.8, 4) is 0 Å². The number of hydrogen-bond donors (Lipinski definition) is 2. The van der Waals surface area contributed by atoms with Gasteiger partial charge in [-0.25, -0.2) is 9.48 Å². The molecule has 0 bridgehead atoms. The van der Waals surface area contributed by atoms with E-state index < -0.39 is 5.97 Å². The Kier molecular flexibility index (Phi) is 4.05. The highest BCUT2D eigenvalue weighted by molar-refractivity contribution is 6.31. The molecular weight excluding hydrogens is 282 g/mol. The maximum atomic E-state index is 11.9. The van der Waals surface area contributed by atoms with Crippen molar-refractivity contribution in [2.75, 3.05) is 5.32 Å². The highest BCUT2D eigenvalue weighted by Gasteiger charge is 2.14.